The van der Waals surface area contributed by atoms with Crippen LogP contribution in [-0.4, -0.2) is 36.8 Å². The summed E-state index contributed by atoms with van der Waals surface area (Å²) in [7, 11) is -2.99. The summed E-state index contributed by atoms with van der Waals surface area (Å²) in [6.07, 6.45) is 2.60. The number of rotatable bonds is 4. The molecule has 1 amide bonds. The van der Waals surface area contributed by atoms with Gasteiger partial charge in [-0.05, 0) is 41.7 Å². The van der Waals surface area contributed by atoms with E-state index in [4.69, 9.17) is 0 Å². The van der Waals surface area contributed by atoms with Crippen molar-refractivity contribution < 1.29 is 13.2 Å². The lowest BCUT2D eigenvalue weighted by atomic mass is 10.1. The Bertz CT molecular complexity index is 561. The van der Waals surface area contributed by atoms with Crippen molar-refractivity contribution in [2.24, 2.45) is 5.92 Å². The van der Waals surface area contributed by atoms with Crippen molar-refractivity contribution in [2.45, 2.75) is 31.8 Å². The van der Waals surface area contributed by atoms with E-state index >= 15 is 0 Å². The van der Waals surface area contributed by atoms with Crippen molar-refractivity contribution in [2.75, 3.05) is 11.5 Å². The zero-order chi connectivity index (χ0) is 13.5. The van der Waals surface area contributed by atoms with Gasteiger partial charge in [0.2, 0.25) is 5.91 Å². The monoisotopic (exact) mass is 299 g/mol. The fourth-order valence-corrected chi connectivity index (χ4v) is 4.97. The number of sulfone groups is 1. The minimum atomic E-state index is -2.99. The summed E-state index contributed by atoms with van der Waals surface area (Å²) in [6, 6.07) is 2.36. The van der Waals surface area contributed by atoms with Crippen LogP contribution < -0.4 is 0 Å². The van der Waals surface area contributed by atoms with Gasteiger partial charge in [-0.3, -0.25) is 4.79 Å². The normalized spacial score (nSPS) is 25.4. The molecule has 6 heteroatoms. The zero-order valence-electron chi connectivity index (χ0n) is 10.6. The van der Waals surface area contributed by atoms with E-state index in [0.717, 1.165) is 18.4 Å². The van der Waals surface area contributed by atoms with Crippen LogP contribution in [0.5, 0.6) is 0 Å². The molecule has 0 radical (unpaired) electrons. The molecule has 1 unspecified atom stereocenters. The summed E-state index contributed by atoms with van der Waals surface area (Å²) < 4.78 is 23.0. The minimum absolute atomic E-state index is 0.0368. The fraction of sp³-hybridized carbons (Fsp3) is 0.615. The maximum atomic E-state index is 12.5. The molecular weight excluding hydrogens is 282 g/mol. The highest BCUT2D eigenvalue weighted by Gasteiger charge is 2.40. The fourth-order valence-electron chi connectivity index (χ4n) is 2.58. The maximum Gasteiger partial charge on any atom is 0.227 e. The van der Waals surface area contributed by atoms with Crippen molar-refractivity contribution in [1.82, 2.24) is 4.90 Å². The highest BCUT2D eigenvalue weighted by Crippen LogP contribution is 2.32. The molecular formula is C13H17NO3S2. The predicted molar refractivity (Wildman–Crippen MR) is 74.7 cm³/mol. The largest absolute Gasteiger partial charge is 0.335 e. The topological polar surface area (TPSA) is 54.5 Å². The number of amides is 1. The molecule has 2 fully saturated rings. The quantitative estimate of drug-likeness (QED) is 0.850. The van der Waals surface area contributed by atoms with Crippen molar-refractivity contribution in [1.29, 1.82) is 0 Å². The SMILES string of the molecule is O=C(C1CCS(=O)(=O)C1)N(Cc1ccsc1)C1CC1. The third kappa shape index (κ3) is 3.00. The van der Waals surface area contributed by atoms with Crippen LogP contribution in [0.3, 0.4) is 0 Å². The summed E-state index contributed by atoms with van der Waals surface area (Å²) in [5.41, 5.74) is 1.14. The standard InChI is InChI=1S/C13H17NO3S2/c15-13(11-4-6-19(16,17)9-11)14(12-1-2-12)7-10-3-5-18-8-10/h3,5,8,11-12H,1-2,4,6-7,9H2. The van der Waals surface area contributed by atoms with Crippen LogP contribution in [0.2, 0.25) is 0 Å². The lowest BCUT2D eigenvalue weighted by Gasteiger charge is -2.24. The van der Waals surface area contributed by atoms with Crippen LogP contribution in [0, 0.1) is 5.92 Å². The number of carbonyl (C=O) groups excluding carboxylic acids is 1. The van der Waals surface area contributed by atoms with E-state index in [0.29, 0.717) is 19.0 Å². The number of nitrogens with zero attached hydrogens (tertiary/aromatic N) is 1. The molecule has 3 rings (SSSR count). The van der Waals surface area contributed by atoms with Crippen LogP contribution in [0.15, 0.2) is 16.8 Å². The van der Waals surface area contributed by atoms with Gasteiger partial charge in [0.1, 0.15) is 0 Å². The first-order valence-electron chi connectivity index (χ1n) is 6.57. The van der Waals surface area contributed by atoms with Gasteiger partial charge < -0.3 is 4.90 Å². The van der Waals surface area contributed by atoms with Gasteiger partial charge in [0, 0.05) is 12.6 Å². The van der Waals surface area contributed by atoms with Crippen LogP contribution >= 0.6 is 11.3 Å². The van der Waals surface area contributed by atoms with Gasteiger partial charge in [0.15, 0.2) is 9.84 Å². The first-order valence-corrected chi connectivity index (χ1v) is 9.33. The molecule has 104 valence electrons. The molecule has 4 nitrogen and oxygen atoms in total. The summed E-state index contributed by atoms with van der Waals surface area (Å²) >= 11 is 1.62. The van der Waals surface area contributed by atoms with Gasteiger partial charge in [-0.2, -0.15) is 11.3 Å². The van der Waals surface area contributed by atoms with E-state index in [9.17, 15) is 13.2 Å². The Morgan fingerprint density at radius 1 is 1.37 bits per heavy atom. The highest BCUT2D eigenvalue weighted by atomic mass is 32.2. The smallest absolute Gasteiger partial charge is 0.227 e. The summed E-state index contributed by atoms with van der Waals surface area (Å²) in [5.74, 6) is -0.0713. The van der Waals surface area contributed by atoms with Crippen molar-refractivity contribution in [3.8, 4) is 0 Å². The molecule has 1 aromatic heterocycles. The van der Waals surface area contributed by atoms with Crippen LogP contribution in [0.4, 0.5) is 0 Å². The van der Waals surface area contributed by atoms with Crippen molar-refractivity contribution in [3.63, 3.8) is 0 Å². The molecule has 1 aliphatic heterocycles. The second-order valence-electron chi connectivity index (χ2n) is 5.43. The molecule has 0 bridgehead atoms. The zero-order valence-corrected chi connectivity index (χ0v) is 12.3. The molecule has 1 atom stereocenters. The summed E-state index contributed by atoms with van der Waals surface area (Å²) in [6.45, 7) is 0.629. The average molecular weight is 299 g/mol. The third-order valence-electron chi connectivity index (χ3n) is 3.79. The Balaban J connectivity index is 1.72. The number of hydrogen-bond donors (Lipinski definition) is 0. The van der Waals surface area contributed by atoms with E-state index in [1.807, 2.05) is 21.7 Å². The van der Waals surface area contributed by atoms with E-state index in [1.54, 1.807) is 11.3 Å². The van der Waals surface area contributed by atoms with Crippen molar-refractivity contribution in [3.05, 3.63) is 22.4 Å². The first-order chi connectivity index (χ1) is 9.05. The van der Waals surface area contributed by atoms with Crippen LogP contribution in [0.1, 0.15) is 24.8 Å². The minimum Gasteiger partial charge on any atom is -0.335 e. The predicted octanol–water partition coefficient (Wildman–Crippen LogP) is 1.67. The lowest BCUT2D eigenvalue weighted by molar-refractivity contribution is -0.136. The molecule has 0 spiro atoms. The summed E-state index contributed by atoms with van der Waals surface area (Å²) in [5, 5.41) is 4.05. The lowest BCUT2D eigenvalue weighted by Crippen LogP contribution is -2.37. The van der Waals surface area contributed by atoms with Gasteiger partial charge in [-0.1, -0.05) is 0 Å². The van der Waals surface area contributed by atoms with Gasteiger partial charge in [-0.25, -0.2) is 8.42 Å². The Kier molecular flexibility index (Phi) is 3.39. The third-order valence-corrected chi connectivity index (χ3v) is 6.29. The molecule has 1 saturated carbocycles. The molecule has 1 aliphatic carbocycles. The summed E-state index contributed by atoms with van der Waals surface area (Å²) in [4.78, 5) is 14.4. The maximum absolute atomic E-state index is 12.5. The average Bonchev–Trinajstić information content (AvgIpc) is 2.94. The van der Waals surface area contributed by atoms with Gasteiger partial charge in [-0.15, -0.1) is 0 Å². The molecule has 0 aromatic carbocycles. The van der Waals surface area contributed by atoms with Gasteiger partial charge >= 0.3 is 0 Å². The van der Waals surface area contributed by atoms with Crippen LogP contribution in [-0.2, 0) is 21.2 Å². The Morgan fingerprint density at radius 2 is 2.16 bits per heavy atom. The van der Waals surface area contributed by atoms with Crippen molar-refractivity contribution >= 4 is 27.1 Å². The Morgan fingerprint density at radius 3 is 2.68 bits per heavy atom. The highest BCUT2D eigenvalue weighted by molar-refractivity contribution is 7.91. The van der Waals surface area contributed by atoms with Crippen LogP contribution in [0.25, 0.3) is 0 Å². The first kappa shape index (κ1) is 13.1. The van der Waals surface area contributed by atoms with Gasteiger partial charge in [0.25, 0.3) is 0 Å². The number of hydrogen-bond acceptors (Lipinski definition) is 4. The van der Waals surface area contributed by atoms with E-state index in [1.165, 1.54) is 0 Å². The molecule has 1 aromatic rings. The van der Waals surface area contributed by atoms with E-state index < -0.39 is 9.84 Å². The Hall–Kier alpha value is -0.880. The van der Waals surface area contributed by atoms with E-state index in [-0.39, 0.29) is 23.3 Å². The second kappa shape index (κ2) is 4.90. The number of thiophene rings is 1. The van der Waals surface area contributed by atoms with E-state index in [2.05, 4.69) is 0 Å². The molecule has 1 saturated heterocycles. The Labute approximate surface area is 117 Å². The molecule has 2 heterocycles. The molecule has 2 aliphatic rings. The molecule has 0 N–H and O–H groups in total. The number of carbonyl (C=O) groups is 1. The van der Waals surface area contributed by atoms with Gasteiger partial charge in [0.05, 0.1) is 17.4 Å². The molecule has 19 heavy (non-hydrogen) atoms. The second-order valence-corrected chi connectivity index (χ2v) is 8.44.